The topological polar surface area (TPSA) is 53.4 Å². The van der Waals surface area contributed by atoms with Crippen LogP contribution in [0, 0.1) is 5.41 Å². The number of hydrogen-bond acceptors (Lipinski definition) is 3. The second-order valence-electron chi connectivity index (χ2n) is 10.4. The lowest BCUT2D eigenvalue weighted by Gasteiger charge is -2.47. The van der Waals surface area contributed by atoms with Gasteiger partial charge in [-0.1, -0.05) is 62.7 Å². The standard InChI is InChI=1S/C29H30F3NO2/c1-17(2)26-25(27(35)19-9-11-20(12-10-19)29(30,31)32)23(18-7-4-3-5-8-18)24-21(33-26)15-28(13-6-14-28)16-22(24)34/h3-5,7-12,17,22,27,34-35H,6,13-16H2,1-2H3/t22-,27-/m0/s1. The molecular formula is C29H30F3NO2. The minimum Gasteiger partial charge on any atom is -0.388 e. The summed E-state index contributed by atoms with van der Waals surface area (Å²) in [5, 5.41) is 23.0. The van der Waals surface area contributed by atoms with Crippen LogP contribution >= 0.6 is 0 Å². The number of hydrogen-bond donors (Lipinski definition) is 2. The molecule has 0 aliphatic heterocycles. The Balaban J connectivity index is 1.73. The van der Waals surface area contributed by atoms with Gasteiger partial charge in [-0.3, -0.25) is 4.98 Å². The molecule has 2 aromatic carbocycles. The highest BCUT2D eigenvalue weighted by atomic mass is 19.4. The molecule has 0 radical (unpaired) electrons. The largest absolute Gasteiger partial charge is 0.416 e. The van der Waals surface area contributed by atoms with E-state index in [2.05, 4.69) is 0 Å². The first-order valence-electron chi connectivity index (χ1n) is 12.2. The third-order valence-corrected chi connectivity index (χ3v) is 7.73. The molecule has 3 nitrogen and oxygen atoms in total. The molecule has 2 N–H and O–H groups in total. The molecule has 2 aliphatic carbocycles. The molecule has 1 aromatic heterocycles. The molecule has 1 fully saturated rings. The van der Waals surface area contributed by atoms with Gasteiger partial charge in [0.05, 0.1) is 11.7 Å². The molecule has 2 atom stereocenters. The number of rotatable bonds is 4. The maximum absolute atomic E-state index is 13.1. The van der Waals surface area contributed by atoms with Crippen molar-refractivity contribution in [2.24, 2.45) is 5.41 Å². The summed E-state index contributed by atoms with van der Waals surface area (Å²) in [5.41, 5.74) is 4.23. The molecule has 1 saturated carbocycles. The first-order valence-corrected chi connectivity index (χ1v) is 12.2. The predicted molar refractivity (Wildman–Crippen MR) is 129 cm³/mol. The summed E-state index contributed by atoms with van der Waals surface area (Å²) in [5.74, 6) is -0.0294. The molecule has 3 aromatic rings. The SMILES string of the molecule is CC(C)c1nc2c(c(-c3ccccc3)c1[C@@H](O)c1ccc(C(F)(F)F)cc1)[C@@H](O)CC1(CCC1)C2. The van der Waals surface area contributed by atoms with Crippen LogP contribution in [-0.2, 0) is 12.6 Å². The van der Waals surface area contributed by atoms with Gasteiger partial charge in [0, 0.05) is 22.5 Å². The minimum atomic E-state index is -4.45. The fraction of sp³-hybridized carbons (Fsp3) is 0.414. The van der Waals surface area contributed by atoms with E-state index in [1.807, 2.05) is 44.2 Å². The quantitative estimate of drug-likeness (QED) is 0.417. The summed E-state index contributed by atoms with van der Waals surface area (Å²) in [7, 11) is 0. The van der Waals surface area contributed by atoms with Crippen molar-refractivity contribution < 1.29 is 23.4 Å². The van der Waals surface area contributed by atoms with E-state index in [0.717, 1.165) is 65.9 Å². The number of nitrogens with zero attached hydrogens (tertiary/aromatic N) is 1. The van der Waals surface area contributed by atoms with E-state index in [-0.39, 0.29) is 11.3 Å². The highest BCUT2D eigenvalue weighted by molar-refractivity contribution is 5.75. The predicted octanol–water partition coefficient (Wildman–Crippen LogP) is 7.12. The Bertz CT molecular complexity index is 1220. The third-order valence-electron chi connectivity index (χ3n) is 7.73. The number of aliphatic hydroxyl groups excluding tert-OH is 2. The molecule has 0 unspecified atom stereocenters. The Labute approximate surface area is 203 Å². The number of aliphatic hydroxyl groups is 2. The Morgan fingerprint density at radius 1 is 1.00 bits per heavy atom. The smallest absolute Gasteiger partial charge is 0.388 e. The van der Waals surface area contributed by atoms with Gasteiger partial charge in [0.25, 0.3) is 0 Å². The average molecular weight is 482 g/mol. The van der Waals surface area contributed by atoms with Crippen molar-refractivity contribution in [3.8, 4) is 11.1 Å². The monoisotopic (exact) mass is 481 g/mol. The van der Waals surface area contributed by atoms with Crippen molar-refractivity contribution in [2.45, 2.75) is 70.3 Å². The van der Waals surface area contributed by atoms with Gasteiger partial charge < -0.3 is 10.2 Å². The average Bonchev–Trinajstić information content (AvgIpc) is 2.81. The van der Waals surface area contributed by atoms with E-state index < -0.39 is 23.9 Å². The Kier molecular flexibility index (Phi) is 6.01. The van der Waals surface area contributed by atoms with Crippen LogP contribution in [0.15, 0.2) is 54.6 Å². The molecule has 5 rings (SSSR count). The van der Waals surface area contributed by atoms with E-state index in [1.54, 1.807) is 0 Å². The highest BCUT2D eigenvalue weighted by Gasteiger charge is 2.45. The van der Waals surface area contributed by atoms with E-state index in [0.29, 0.717) is 17.5 Å². The fourth-order valence-corrected chi connectivity index (χ4v) is 5.83. The van der Waals surface area contributed by atoms with Crippen LogP contribution in [0.1, 0.15) is 91.3 Å². The van der Waals surface area contributed by atoms with E-state index >= 15 is 0 Å². The maximum Gasteiger partial charge on any atom is 0.416 e. The van der Waals surface area contributed by atoms with Crippen LogP contribution in [0.3, 0.4) is 0 Å². The van der Waals surface area contributed by atoms with Crippen molar-refractivity contribution in [3.05, 3.63) is 88.2 Å². The van der Waals surface area contributed by atoms with Gasteiger partial charge in [0.2, 0.25) is 0 Å². The summed E-state index contributed by atoms with van der Waals surface area (Å²) < 4.78 is 39.4. The fourth-order valence-electron chi connectivity index (χ4n) is 5.83. The lowest BCUT2D eigenvalue weighted by molar-refractivity contribution is -0.137. The van der Waals surface area contributed by atoms with Crippen molar-refractivity contribution in [3.63, 3.8) is 0 Å². The molecule has 184 valence electrons. The van der Waals surface area contributed by atoms with Crippen LogP contribution in [0.25, 0.3) is 11.1 Å². The normalized spacial score (nSPS) is 19.9. The third kappa shape index (κ3) is 4.27. The van der Waals surface area contributed by atoms with Gasteiger partial charge >= 0.3 is 6.18 Å². The first-order chi connectivity index (χ1) is 16.6. The summed E-state index contributed by atoms with van der Waals surface area (Å²) in [4.78, 5) is 5.03. The maximum atomic E-state index is 13.1. The Morgan fingerprint density at radius 2 is 1.66 bits per heavy atom. The zero-order valence-electron chi connectivity index (χ0n) is 19.9. The number of benzene rings is 2. The molecule has 6 heteroatoms. The van der Waals surface area contributed by atoms with Crippen molar-refractivity contribution >= 4 is 0 Å². The van der Waals surface area contributed by atoms with E-state index in [1.165, 1.54) is 12.1 Å². The van der Waals surface area contributed by atoms with Gasteiger partial charge in [0.15, 0.2) is 0 Å². The van der Waals surface area contributed by atoms with Gasteiger partial charge in [0.1, 0.15) is 6.10 Å². The zero-order chi connectivity index (χ0) is 25.0. The van der Waals surface area contributed by atoms with Crippen LogP contribution in [0.4, 0.5) is 13.2 Å². The van der Waals surface area contributed by atoms with Gasteiger partial charge in [-0.05, 0) is 65.8 Å². The number of alkyl halides is 3. The molecule has 2 aliphatic rings. The van der Waals surface area contributed by atoms with Gasteiger partial charge in [-0.15, -0.1) is 0 Å². The van der Waals surface area contributed by atoms with Crippen LogP contribution in [-0.4, -0.2) is 15.2 Å². The summed E-state index contributed by atoms with van der Waals surface area (Å²) in [6.45, 7) is 4.01. The zero-order valence-corrected chi connectivity index (χ0v) is 19.9. The second kappa shape index (κ2) is 8.75. The highest BCUT2D eigenvalue weighted by Crippen LogP contribution is 2.55. The number of halogens is 3. The van der Waals surface area contributed by atoms with Gasteiger partial charge in [-0.2, -0.15) is 13.2 Å². The van der Waals surface area contributed by atoms with E-state index in [9.17, 15) is 23.4 Å². The van der Waals surface area contributed by atoms with E-state index in [4.69, 9.17) is 4.98 Å². The minimum absolute atomic E-state index is 0.0294. The molecule has 35 heavy (non-hydrogen) atoms. The number of fused-ring (bicyclic) bond motifs is 1. The van der Waals surface area contributed by atoms with Crippen LogP contribution in [0.2, 0.25) is 0 Å². The first kappa shape index (κ1) is 24.0. The molecule has 1 spiro atoms. The number of pyridine rings is 1. The summed E-state index contributed by atoms with van der Waals surface area (Å²) in [6.07, 6.45) is -1.55. The van der Waals surface area contributed by atoms with Crippen LogP contribution < -0.4 is 0 Å². The summed E-state index contributed by atoms with van der Waals surface area (Å²) >= 11 is 0. The lowest BCUT2D eigenvalue weighted by atomic mass is 9.59. The van der Waals surface area contributed by atoms with Crippen molar-refractivity contribution in [1.29, 1.82) is 0 Å². The van der Waals surface area contributed by atoms with Crippen molar-refractivity contribution in [2.75, 3.05) is 0 Å². The van der Waals surface area contributed by atoms with Crippen LogP contribution in [0.5, 0.6) is 0 Å². The number of aromatic nitrogens is 1. The molecule has 0 bridgehead atoms. The summed E-state index contributed by atoms with van der Waals surface area (Å²) in [6, 6.07) is 14.3. The van der Waals surface area contributed by atoms with Crippen molar-refractivity contribution in [1.82, 2.24) is 4.98 Å². The lowest BCUT2D eigenvalue weighted by Crippen LogP contribution is -2.38. The molecular weight excluding hydrogens is 451 g/mol. The Hall–Kier alpha value is -2.70. The second-order valence-corrected chi connectivity index (χ2v) is 10.4. The Morgan fingerprint density at radius 3 is 2.20 bits per heavy atom. The molecule has 0 amide bonds. The van der Waals surface area contributed by atoms with Gasteiger partial charge in [-0.25, -0.2) is 0 Å². The molecule has 1 heterocycles. The molecule has 0 saturated heterocycles.